The van der Waals surface area contributed by atoms with Crippen molar-refractivity contribution in [3.63, 3.8) is 0 Å². The van der Waals surface area contributed by atoms with Crippen LogP contribution < -0.4 is 5.32 Å². The van der Waals surface area contributed by atoms with Crippen molar-refractivity contribution in [1.82, 2.24) is 9.88 Å². The zero-order valence-corrected chi connectivity index (χ0v) is 16.8. The molecule has 0 radical (unpaired) electrons. The molecule has 6 nitrogen and oxygen atoms in total. The van der Waals surface area contributed by atoms with Gasteiger partial charge in [-0.1, -0.05) is 62.4 Å². The van der Waals surface area contributed by atoms with Crippen molar-refractivity contribution in [3.8, 4) is 0 Å². The van der Waals surface area contributed by atoms with E-state index < -0.39 is 6.04 Å². The molecule has 30 heavy (non-hydrogen) atoms. The molecule has 5 rings (SSSR count). The Kier molecular flexibility index (Phi) is 4.99. The number of carbonyl (C=O) groups excluding carboxylic acids is 2. The second-order valence-corrected chi connectivity index (χ2v) is 8.32. The number of nitrogens with zero attached hydrogens (tertiary/aromatic N) is 2. The first-order chi connectivity index (χ1) is 14.7. The van der Waals surface area contributed by atoms with Gasteiger partial charge in [-0.05, 0) is 36.1 Å². The van der Waals surface area contributed by atoms with Crippen molar-refractivity contribution in [1.29, 1.82) is 0 Å². The van der Waals surface area contributed by atoms with E-state index in [1.54, 1.807) is 4.90 Å². The topological polar surface area (TPSA) is 75.4 Å². The summed E-state index contributed by atoms with van der Waals surface area (Å²) in [4.78, 5) is 32.5. The molecule has 3 aromatic rings. The number of nitrogens with one attached hydrogen (secondary N) is 1. The Labute approximate surface area is 175 Å². The minimum atomic E-state index is -0.539. The molecule has 0 saturated heterocycles. The van der Waals surface area contributed by atoms with Crippen molar-refractivity contribution < 1.29 is 14.0 Å². The van der Waals surface area contributed by atoms with Gasteiger partial charge in [0.05, 0.1) is 0 Å². The maximum absolute atomic E-state index is 13.3. The Hall–Kier alpha value is -3.15. The molecular weight excluding hydrogens is 378 g/mol. The van der Waals surface area contributed by atoms with Crippen LogP contribution in [0.5, 0.6) is 0 Å². The summed E-state index contributed by atoms with van der Waals surface area (Å²) in [7, 11) is 0. The molecule has 2 amide bonds. The fraction of sp³-hybridized carbons (Fsp3) is 0.375. The molecule has 1 fully saturated rings. The van der Waals surface area contributed by atoms with Gasteiger partial charge in [-0.25, -0.2) is 0 Å². The third-order valence-electron chi connectivity index (χ3n) is 6.33. The van der Waals surface area contributed by atoms with E-state index in [1.165, 1.54) is 19.3 Å². The van der Waals surface area contributed by atoms with Crippen LogP contribution in [0.2, 0.25) is 0 Å². The SMILES string of the molecule is O=C(Nc1nc2ccccc2o1)[C@H](CC1CCCCC1)N1Cc2ccccc2C1=O. The zero-order valence-electron chi connectivity index (χ0n) is 16.8. The first-order valence-corrected chi connectivity index (χ1v) is 10.7. The van der Waals surface area contributed by atoms with E-state index >= 15 is 0 Å². The molecule has 1 aliphatic heterocycles. The van der Waals surface area contributed by atoms with Crippen molar-refractivity contribution in [2.24, 2.45) is 5.92 Å². The number of anilines is 1. The van der Waals surface area contributed by atoms with Gasteiger partial charge in [-0.15, -0.1) is 0 Å². The summed E-state index contributed by atoms with van der Waals surface area (Å²) < 4.78 is 5.68. The zero-order chi connectivity index (χ0) is 20.5. The molecule has 0 unspecified atom stereocenters. The van der Waals surface area contributed by atoms with Crippen LogP contribution >= 0.6 is 0 Å². The van der Waals surface area contributed by atoms with E-state index in [0.717, 1.165) is 18.4 Å². The van der Waals surface area contributed by atoms with Gasteiger partial charge >= 0.3 is 6.01 Å². The quantitative estimate of drug-likeness (QED) is 0.666. The number of fused-ring (bicyclic) bond motifs is 2. The highest BCUT2D eigenvalue weighted by molar-refractivity contribution is 6.03. The first kappa shape index (κ1) is 18.9. The lowest BCUT2D eigenvalue weighted by Gasteiger charge is -2.31. The van der Waals surface area contributed by atoms with Crippen molar-refractivity contribution in [3.05, 3.63) is 59.7 Å². The number of hydrogen-bond donors (Lipinski definition) is 1. The van der Waals surface area contributed by atoms with Gasteiger partial charge in [0, 0.05) is 12.1 Å². The maximum Gasteiger partial charge on any atom is 0.302 e. The van der Waals surface area contributed by atoms with Gasteiger partial charge in [0.15, 0.2) is 5.58 Å². The average Bonchev–Trinajstić information content (AvgIpc) is 3.33. The van der Waals surface area contributed by atoms with E-state index in [-0.39, 0.29) is 17.8 Å². The highest BCUT2D eigenvalue weighted by Crippen LogP contribution is 2.32. The smallest absolute Gasteiger partial charge is 0.302 e. The number of rotatable bonds is 5. The number of carbonyl (C=O) groups is 2. The third kappa shape index (κ3) is 3.58. The van der Waals surface area contributed by atoms with Crippen molar-refractivity contribution in [2.75, 3.05) is 5.32 Å². The summed E-state index contributed by atoms with van der Waals surface area (Å²) in [5, 5.41) is 2.83. The van der Waals surface area contributed by atoms with Crippen LogP contribution in [0, 0.1) is 5.92 Å². The lowest BCUT2D eigenvalue weighted by molar-refractivity contribution is -0.121. The Morgan fingerprint density at radius 2 is 1.87 bits per heavy atom. The Balaban J connectivity index is 1.40. The Bertz CT molecular complexity index is 1050. The molecule has 2 heterocycles. The van der Waals surface area contributed by atoms with E-state index in [9.17, 15) is 9.59 Å². The second-order valence-electron chi connectivity index (χ2n) is 8.32. The summed E-state index contributed by atoms with van der Waals surface area (Å²) in [5.41, 5.74) is 2.99. The molecule has 1 aliphatic carbocycles. The standard InChI is InChI=1S/C24H25N3O3/c28-22(26-24-25-19-12-6-7-13-21(19)30-24)20(14-16-8-2-1-3-9-16)27-15-17-10-4-5-11-18(17)23(27)29/h4-7,10-13,16,20H,1-3,8-9,14-15H2,(H,25,26,28)/t20-/m0/s1. The number of amides is 2. The minimum Gasteiger partial charge on any atom is -0.423 e. The van der Waals surface area contributed by atoms with Crippen LogP contribution in [0.1, 0.15) is 54.4 Å². The minimum absolute atomic E-state index is 0.0703. The highest BCUT2D eigenvalue weighted by Gasteiger charge is 2.38. The lowest BCUT2D eigenvalue weighted by atomic mass is 9.84. The molecule has 1 aromatic heterocycles. The van der Waals surface area contributed by atoms with E-state index in [0.29, 0.717) is 35.5 Å². The van der Waals surface area contributed by atoms with Crippen LogP contribution in [0.15, 0.2) is 52.9 Å². The largest absolute Gasteiger partial charge is 0.423 e. The summed E-state index contributed by atoms with van der Waals surface area (Å²) in [6, 6.07) is 14.7. The van der Waals surface area contributed by atoms with Crippen LogP contribution in [0.3, 0.4) is 0 Å². The molecule has 1 N–H and O–H groups in total. The number of para-hydroxylation sites is 2. The van der Waals surface area contributed by atoms with Crippen molar-refractivity contribution >= 4 is 28.9 Å². The van der Waals surface area contributed by atoms with Gasteiger partial charge in [-0.2, -0.15) is 4.98 Å². The molecule has 2 aromatic carbocycles. The maximum atomic E-state index is 13.3. The summed E-state index contributed by atoms with van der Waals surface area (Å²) >= 11 is 0. The normalized spacial score (nSPS) is 17.9. The number of oxazole rings is 1. The fourth-order valence-electron chi connectivity index (χ4n) is 4.76. The van der Waals surface area contributed by atoms with Gasteiger partial charge in [0.2, 0.25) is 0 Å². The molecule has 6 heteroatoms. The van der Waals surface area contributed by atoms with Gasteiger partial charge < -0.3 is 9.32 Å². The molecule has 0 bridgehead atoms. The summed E-state index contributed by atoms with van der Waals surface area (Å²) in [5.74, 6) is 0.155. The Morgan fingerprint density at radius 1 is 1.10 bits per heavy atom. The van der Waals surface area contributed by atoms with E-state index in [2.05, 4.69) is 10.3 Å². The molecule has 1 saturated carbocycles. The molecular formula is C24H25N3O3. The van der Waals surface area contributed by atoms with E-state index in [4.69, 9.17) is 4.42 Å². The Morgan fingerprint density at radius 3 is 2.67 bits per heavy atom. The summed E-state index contributed by atoms with van der Waals surface area (Å²) in [6.45, 7) is 0.466. The first-order valence-electron chi connectivity index (χ1n) is 10.7. The predicted octanol–water partition coefficient (Wildman–Crippen LogP) is 4.76. The van der Waals surface area contributed by atoms with Crippen LogP contribution in [0.4, 0.5) is 6.01 Å². The highest BCUT2D eigenvalue weighted by atomic mass is 16.4. The van der Waals surface area contributed by atoms with Gasteiger partial charge in [-0.3, -0.25) is 14.9 Å². The number of benzene rings is 2. The second kappa shape index (κ2) is 7.94. The van der Waals surface area contributed by atoms with Gasteiger partial charge in [0.1, 0.15) is 11.6 Å². The van der Waals surface area contributed by atoms with Crippen LogP contribution in [0.25, 0.3) is 11.1 Å². The van der Waals surface area contributed by atoms with Crippen LogP contribution in [-0.2, 0) is 11.3 Å². The molecule has 2 aliphatic rings. The monoisotopic (exact) mass is 403 g/mol. The van der Waals surface area contributed by atoms with E-state index in [1.807, 2.05) is 48.5 Å². The number of hydrogen-bond acceptors (Lipinski definition) is 4. The van der Waals surface area contributed by atoms with Crippen molar-refractivity contribution in [2.45, 2.75) is 51.1 Å². The van der Waals surface area contributed by atoms with Crippen LogP contribution in [-0.4, -0.2) is 27.7 Å². The summed E-state index contributed by atoms with van der Waals surface area (Å²) in [6.07, 6.45) is 6.54. The lowest BCUT2D eigenvalue weighted by Crippen LogP contribution is -2.45. The molecule has 1 atom stereocenters. The predicted molar refractivity (Wildman–Crippen MR) is 114 cm³/mol. The number of aromatic nitrogens is 1. The van der Waals surface area contributed by atoms with Gasteiger partial charge in [0.25, 0.3) is 11.8 Å². The third-order valence-corrected chi connectivity index (χ3v) is 6.33. The molecule has 154 valence electrons. The average molecular weight is 403 g/mol. The molecule has 0 spiro atoms. The fourth-order valence-corrected chi connectivity index (χ4v) is 4.76.